The number of benzene rings is 3. The first-order valence-electron chi connectivity index (χ1n) is 13.8. The van der Waals surface area contributed by atoms with E-state index in [0.717, 1.165) is 45.2 Å². The first kappa shape index (κ1) is 23.1. The Labute approximate surface area is 233 Å². The quantitative estimate of drug-likeness (QED) is 0.231. The summed E-state index contributed by atoms with van der Waals surface area (Å²) < 4.78 is 2.29. The Balaban J connectivity index is 1.49. The molecule has 8 rings (SSSR count). The molecule has 5 nitrogen and oxygen atoms in total. The molecule has 0 N–H and O–H groups in total. The Hall–Kier alpha value is -4.77. The van der Waals surface area contributed by atoms with E-state index in [-0.39, 0.29) is 10.8 Å². The van der Waals surface area contributed by atoms with E-state index in [0.29, 0.717) is 0 Å². The molecule has 0 fully saturated rings. The maximum Gasteiger partial charge on any atom is 0.145 e. The zero-order valence-electron chi connectivity index (χ0n) is 23.1. The molecule has 0 atom stereocenters. The van der Waals surface area contributed by atoms with Crippen LogP contribution in [0.3, 0.4) is 0 Å². The molecule has 40 heavy (non-hydrogen) atoms. The Morgan fingerprint density at radius 3 is 2.25 bits per heavy atom. The van der Waals surface area contributed by atoms with E-state index in [4.69, 9.17) is 9.97 Å². The predicted octanol–water partition coefficient (Wildman–Crippen LogP) is 8.23. The Bertz CT molecular complexity index is 1890. The van der Waals surface area contributed by atoms with Gasteiger partial charge in [0.2, 0.25) is 0 Å². The fraction of sp³-hybridized carbons (Fsp3) is 0.171. The van der Waals surface area contributed by atoms with Crippen LogP contribution < -0.4 is 4.90 Å². The van der Waals surface area contributed by atoms with Gasteiger partial charge in [-0.2, -0.15) is 0 Å². The van der Waals surface area contributed by atoms with Crippen LogP contribution in [0, 0.1) is 0 Å². The van der Waals surface area contributed by atoms with Gasteiger partial charge in [0, 0.05) is 34.5 Å². The normalized spacial score (nSPS) is 15.8. The van der Waals surface area contributed by atoms with Crippen molar-refractivity contribution < 1.29 is 0 Å². The lowest BCUT2D eigenvalue weighted by molar-refractivity contribution is 0.583. The summed E-state index contributed by atoms with van der Waals surface area (Å²) in [7, 11) is 0. The molecular formula is C35H29N5. The molecule has 0 saturated carbocycles. The molecule has 2 aliphatic rings. The van der Waals surface area contributed by atoms with Gasteiger partial charge in [0.1, 0.15) is 5.82 Å². The zero-order valence-corrected chi connectivity index (χ0v) is 23.1. The molecule has 5 heterocycles. The van der Waals surface area contributed by atoms with Crippen LogP contribution in [0.1, 0.15) is 50.1 Å². The van der Waals surface area contributed by atoms with Crippen molar-refractivity contribution in [3.8, 4) is 17.1 Å². The molecule has 0 bridgehead atoms. The molecule has 3 aromatic carbocycles. The fourth-order valence-electron chi connectivity index (χ4n) is 6.81. The van der Waals surface area contributed by atoms with Crippen LogP contribution in [0.2, 0.25) is 0 Å². The molecule has 0 aliphatic carbocycles. The smallest absolute Gasteiger partial charge is 0.145 e. The molecular weight excluding hydrogens is 490 g/mol. The number of nitrogens with zero attached hydrogens (tertiary/aromatic N) is 5. The number of rotatable bonds is 2. The van der Waals surface area contributed by atoms with Crippen molar-refractivity contribution in [3.63, 3.8) is 0 Å². The number of imidazole rings is 1. The highest BCUT2D eigenvalue weighted by molar-refractivity contribution is 5.94. The van der Waals surface area contributed by atoms with Crippen molar-refractivity contribution >= 4 is 28.1 Å². The number of hydrogen-bond acceptors (Lipinski definition) is 4. The standard InChI is InChI=1S/C35H29N5/c1-34(2)24-16-18-36-21-30(24)40-29-15-10-17-37-32(29)35(3,4)26-20-22(19-25(34)31(26)40)33-38-27-13-8-9-14-28(27)39(33)23-11-6-5-7-12-23/h5-21H,1-4H3. The van der Waals surface area contributed by atoms with E-state index < -0.39 is 0 Å². The molecule has 0 saturated heterocycles. The molecule has 194 valence electrons. The number of pyridine rings is 2. The van der Waals surface area contributed by atoms with Gasteiger partial charge < -0.3 is 4.90 Å². The summed E-state index contributed by atoms with van der Waals surface area (Å²) >= 11 is 0. The lowest BCUT2D eigenvalue weighted by atomic mass is 9.67. The highest BCUT2D eigenvalue weighted by Gasteiger charge is 2.46. The van der Waals surface area contributed by atoms with Crippen LogP contribution in [0.4, 0.5) is 17.1 Å². The van der Waals surface area contributed by atoms with E-state index in [1.165, 1.54) is 22.4 Å². The fourth-order valence-corrected chi connectivity index (χ4v) is 6.81. The summed E-state index contributed by atoms with van der Waals surface area (Å²) in [5, 5.41) is 0. The molecule has 3 aromatic heterocycles. The molecule has 0 unspecified atom stereocenters. The highest BCUT2D eigenvalue weighted by Crippen LogP contribution is 2.60. The average Bonchev–Trinajstić information content (AvgIpc) is 3.37. The van der Waals surface area contributed by atoms with Gasteiger partial charge in [0.15, 0.2) is 0 Å². The van der Waals surface area contributed by atoms with E-state index in [1.54, 1.807) is 0 Å². The van der Waals surface area contributed by atoms with Crippen molar-refractivity contribution in [1.82, 2.24) is 19.5 Å². The third-order valence-corrected chi connectivity index (χ3v) is 8.85. The SMILES string of the molecule is CC1(C)c2ccncc2N2c3cccnc3C(C)(C)c3cc(-c4nc5ccccc5n4-c4ccccc4)cc1c32. The summed E-state index contributed by atoms with van der Waals surface area (Å²) in [5.74, 6) is 0.942. The number of anilines is 3. The molecule has 0 amide bonds. The van der Waals surface area contributed by atoms with Crippen LogP contribution in [0.15, 0.2) is 104 Å². The summed E-state index contributed by atoms with van der Waals surface area (Å²) in [4.78, 5) is 17.1. The Morgan fingerprint density at radius 2 is 1.43 bits per heavy atom. The van der Waals surface area contributed by atoms with Crippen molar-refractivity contribution in [2.45, 2.75) is 38.5 Å². The van der Waals surface area contributed by atoms with Crippen LogP contribution in [-0.4, -0.2) is 19.5 Å². The molecule has 0 spiro atoms. The largest absolute Gasteiger partial charge is 0.306 e. The minimum atomic E-state index is -0.313. The maximum atomic E-state index is 5.23. The van der Waals surface area contributed by atoms with Gasteiger partial charge in [-0.1, -0.05) is 44.2 Å². The van der Waals surface area contributed by atoms with Crippen LogP contribution in [0.25, 0.3) is 28.1 Å². The van der Waals surface area contributed by atoms with Crippen LogP contribution in [-0.2, 0) is 10.8 Å². The lowest BCUT2D eigenvalue weighted by Gasteiger charge is -2.48. The molecule has 2 aliphatic heterocycles. The van der Waals surface area contributed by atoms with Gasteiger partial charge in [-0.05, 0) is 85.1 Å². The second-order valence-corrected chi connectivity index (χ2v) is 11.9. The van der Waals surface area contributed by atoms with E-state index in [2.05, 4.69) is 121 Å². The van der Waals surface area contributed by atoms with Gasteiger partial charge >= 0.3 is 0 Å². The summed E-state index contributed by atoms with van der Waals surface area (Å²) in [6.07, 6.45) is 5.81. The minimum absolute atomic E-state index is 0.242. The molecule has 5 heteroatoms. The second kappa shape index (κ2) is 7.89. The second-order valence-electron chi connectivity index (χ2n) is 11.9. The van der Waals surface area contributed by atoms with E-state index >= 15 is 0 Å². The third-order valence-electron chi connectivity index (χ3n) is 8.85. The third kappa shape index (κ3) is 2.95. The lowest BCUT2D eigenvalue weighted by Crippen LogP contribution is -2.38. The van der Waals surface area contributed by atoms with E-state index in [1.807, 2.05) is 24.7 Å². The van der Waals surface area contributed by atoms with Gasteiger partial charge in [-0.25, -0.2) is 4.98 Å². The first-order chi connectivity index (χ1) is 19.4. The molecule has 0 radical (unpaired) electrons. The van der Waals surface area contributed by atoms with Crippen LogP contribution >= 0.6 is 0 Å². The van der Waals surface area contributed by atoms with E-state index in [9.17, 15) is 0 Å². The summed E-state index contributed by atoms with van der Waals surface area (Å²) in [6.45, 7) is 9.24. The highest BCUT2D eigenvalue weighted by atomic mass is 15.2. The van der Waals surface area contributed by atoms with Gasteiger partial charge in [-0.3, -0.25) is 14.5 Å². The number of fused-ring (bicyclic) bond motifs is 5. The number of hydrogen-bond donors (Lipinski definition) is 0. The average molecular weight is 520 g/mol. The van der Waals surface area contributed by atoms with Crippen LogP contribution in [0.5, 0.6) is 0 Å². The molecule has 6 aromatic rings. The Kier molecular flexibility index (Phi) is 4.56. The topological polar surface area (TPSA) is 46.8 Å². The number of aromatic nitrogens is 4. The van der Waals surface area contributed by atoms with Crippen molar-refractivity contribution in [2.75, 3.05) is 4.90 Å². The van der Waals surface area contributed by atoms with Crippen molar-refractivity contribution in [2.24, 2.45) is 0 Å². The maximum absolute atomic E-state index is 5.23. The van der Waals surface area contributed by atoms with Gasteiger partial charge in [-0.15, -0.1) is 0 Å². The minimum Gasteiger partial charge on any atom is -0.306 e. The Morgan fingerprint density at radius 1 is 0.675 bits per heavy atom. The zero-order chi connectivity index (χ0) is 27.2. The summed E-state index contributed by atoms with van der Waals surface area (Å²) in [5.41, 5.74) is 12.1. The summed E-state index contributed by atoms with van der Waals surface area (Å²) in [6, 6.07) is 30.0. The van der Waals surface area contributed by atoms with Crippen molar-refractivity contribution in [3.05, 3.63) is 126 Å². The van der Waals surface area contributed by atoms with Gasteiger partial charge in [0.25, 0.3) is 0 Å². The number of para-hydroxylation sites is 3. The van der Waals surface area contributed by atoms with Gasteiger partial charge in [0.05, 0.1) is 40.0 Å². The first-order valence-corrected chi connectivity index (χ1v) is 13.8. The monoisotopic (exact) mass is 519 g/mol. The predicted molar refractivity (Wildman–Crippen MR) is 161 cm³/mol. The van der Waals surface area contributed by atoms with Crippen molar-refractivity contribution in [1.29, 1.82) is 0 Å².